The van der Waals surface area contributed by atoms with Crippen LogP contribution in [0.15, 0.2) is 41.3 Å². The first-order valence-corrected chi connectivity index (χ1v) is 8.98. The van der Waals surface area contributed by atoms with Crippen LogP contribution in [0.1, 0.15) is 0 Å². The summed E-state index contributed by atoms with van der Waals surface area (Å²) in [6.07, 6.45) is 1.53. The Bertz CT molecular complexity index is 831. The average Bonchev–Trinajstić information content (AvgIpc) is 2.65. The van der Waals surface area contributed by atoms with E-state index in [0.29, 0.717) is 11.4 Å². The second-order valence-electron chi connectivity index (χ2n) is 6.59. The summed E-state index contributed by atoms with van der Waals surface area (Å²) >= 11 is 6.29. The molecule has 0 saturated carbocycles. The second kappa shape index (κ2) is 7.88. The highest BCUT2D eigenvalue weighted by Crippen LogP contribution is 2.20. The van der Waals surface area contributed by atoms with Crippen LogP contribution in [0.3, 0.4) is 0 Å². The normalized spacial score (nSPS) is 15.1. The molecular weight excluding hydrogens is 354 g/mol. The quantitative estimate of drug-likeness (QED) is 0.794. The number of quaternary nitrogens is 1. The van der Waals surface area contributed by atoms with E-state index in [0.717, 1.165) is 26.2 Å². The lowest BCUT2D eigenvalue weighted by molar-refractivity contribution is -0.883. The summed E-state index contributed by atoms with van der Waals surface area (Å²) < 4.78 is 1.25. The van der Waals surface area contributed by atoms with Crippen LogP contribution >= 0.6 is 11.6 Å². The molecule has 3 rings (SSSR count). The molecule has 1 saturated heterocycles. The molecule has 1 aliphatic heterocycles. The number of hydrogen-bond acceptors (Lipinski definition) is 4. The van der Waals surface area contributed by atoms with Gasteiger partial charge in [-0.05, 0) is 12.1 Å². The first-order chi connectivity index (χ1) is 12.5. The van der Waals surface area contributed by atoms with Crippen molar-refractivity contribution >= 4 is 23.2 Å². The van der Waals surface area contributed by atoms with Gasteiger partial charge in [0.25, 0.3) is 5.56 Å². The van der Waals surface area contributed by atoms with Crippen molar-refractivity contribution in [3.05, 3.63) is 51.9 Å². The standard InChI is InChI=1S/C18H22ClN5O2/c1-21-8-10-23(11-9-21)16(25)13-22(2)15-12-20-24(18(26)17(15)19)14-6-4-3-5-7-14/h3-7,12H,8-11,13H2,1-2H3/p+1. The van der Waals surface area contributed by atoms with Gasteiger partial charge in [-0.15, -0.1) is 0 Å². The highest BCUT2D eigenvalue weighted by atomic mass is 35.5. The van der Waals surface area contributed by atoms with Crippen molar-refractivity contribution in [2.75, 3.05) is 51.7 Å². The predicted octanol–water partition coefficient (Wildman–Crippen LogP) is -0.321. The van der Waals surface area contributed by atoms with Crippen molar-refractivity contribution in [1.29, 1.82) is 0 Å². The molecule has 1 aromatic carbocycles. The minimum atomic E-state index is -0.405. The molecule has 0 aliphatic carbocycles. The molecule has 0 spiro atoms. The fraction of sp³-hybridized carbons (Fsp3) is 0.389. The van der Waals surface area contributed by atoms with Crippen molar-refractivity contribution in [3.63, 3.8) is 0 Å². The highest BCUT2D eigenvalue weighted by molar-refractivity contribution is 6.33. The number of anilines is 1. The molecule has 2 heterocycles. The SMILES string of the molecule is CN(CC(=O)N1CC[NH+](C)CC1)c1cnn(-c2ccccc2)c(=O)c1Cl. The van der Waals surface area contributed by atoms with Crippen molar-refractivity contribution in [2.45, 2.75) is 0 Å². The molecule has 1 amide bonds. The van der Waals surface area contributed by atoms with E-state index >= 15 is 0 Å². The lowest BCUT2D eigenvalue weighted by atomic mass is 10.3. The summed E-state index contributed by atoms with van der Waals surface area (Å²) in [7, 11) is 3.87. The van der Waals surface area contributed by atoms with Crippen molar-refractivity contribution < 1.29 is 9.69 Å². The van der Waals surface area contributed by atoms with Crippen LogP contribution in [0.5, 0.6) is 0 Å². The van der Waals surface area contributed by atoms with E-state index in [1.54, 1.807) is 24.1 Å². The molecule has 138 valence electrons. The molecule has 0 radical (unpaired) electrons. The maximum Gasteiger partial charge on any atom is 0.292 e. The third-order valence-electron chi connectivity index (χ3n) is 4.65. The molecule has 26 heavy (non-hydrogen) atoms. The second-order valence-corrected chi connectivity index (χ2v) is 6.97. The van der Waals surface area contributed by atoms with E-state index in [4.69, 9.17) is 11.6 Å². The Morgan fingerprint density at radius 2 is 1.92 bits per heavy atom. The highest BCUT2D eigenvalue weighted by Gasteiger charge is 2.23. The van der Waals surface area contributed by atoms with E-state index < -0.39 is 5.56 Å². The molecule has 1 aliphatic rings. The number of amides is 1. The maximum atomic E-state index is 12.6. The smallest absolute Gasteiger partial charge is 0.292 e. The van der Waals surface area contributed by atoms with Crippen molar-refractivity contribution in [3.8, 4) is 5.69 Å². The van der Waals surface area contributed by atoms with Gasteiger partial charge in [0.1, 0.15) is 5.02 Å². The summed E-state index contributed by atoms with van der Waals surface area (Å²) in [6.45, 7) is 3.56. The number of para-hydroxylation sites is 1. The topological polar surface area (TPSA) is 62.9 Å². The Morgan fingerprint density at radius 1 is 1.27 bits per heavy atom. The van der Waals surface area contributed by atoms with Crippen LogP contribution < -0.4 is 15.4 Å². The number of carbonyl (C=O) groups is 1. The first kappa shape index (κ1) is 18.4. The number of likely N-dealkylation sites (N-methyl/N-ethyl adjacent to an activating group) is 2. The van der Waals surface area contributed by atoms with Gasteiger partial charge in [0.15, 0.2) is 0 Å². The van der Waals surface area contributed by atoms with Crippen LogP contribution in [0.25, 0.3) is 5.69 Å². The number of carbonyl (C=O) groups excluding carboxylic acids is 1. The van der Waals surface area contributed by atoms with E-state index in [9.17, 15) is 9.59 Å². The fourth-order valence-corrected chi connectivity index (χ4v) is 3.24. The molecule has 8 heteroatoms. The van der Waals surface area contributed by atoms with E-state index in [-0.39, 0.29) is 17.5 Å². The number of hydrogen-bond donors (Lipinski definition) is 1. The lowest BCUT2D eigenvalue weighted by Crippen LogP contribution is -3.12. The molecule has 1 fully saturated rings. The number of nitrogens with one attached hydrogen (secondary N) is 1. The zero-order valence-corrected chi connectivity index (χ0v) is 15.7. The number of rotatable bonds is 4. The van der Waals surface area contributed by atoms with Crippen LogP contribution in [-0.2, 0) is 4.79 Å². The van der Waals surface area contributed by atoms with Crippen LogP contribution in [-0.4, -0.2) is 67.4 Å². The number of aromatic nitrogens is 2. The van der Waals surface area contributed by atoms with Gasteiger partial charge in [0.2, 0.25) is 5.91 Å². The Kier molecular flexibility index (Phi) is 5.58. The van der Waals surface area contributed by atoms with Gasteiger partial charge >= 0.3 is 0 Å². The van der Waals surface area contributed by atoms with Crippen LogP contribution in [0.4, 0.5) is 5.69 Å². The number of benzene rings is 1. The van der Waals surface area contributed by atoms with E-state index in [1.165, 1.54) is 15.8 Å². The summed E-state index contributed by atoms with van der Waals surface area (Å²) in [5.41, 5.74) is 0.694. The van der Waals surface area contributed by atoms with Crippen LogP contribution in [0.2, 0.25) is 5.02 Å². The Balaban J connectivity index is 1.76. The molecule has 2 aromatic rings. The monoisotopic (exact) mass is 376 g/mol. The molecule has 0 unspecified atom stereocenters. The van der Waals surface area contributed by atoms with Gasteiger partial charge in [0, 0.05) is 7.05 Å². The Hall–Kier alpha value is -2.38. The Labute approximate surface area is 157 Å². The van der Waals surface area contributed by atoms with Gasteiger partial charge in [-0.2, -0.15) is 9.78 Å². The van der Waals surface area contributed by atoms with Gasteiger partial charge < -0.3 is 14.7 Å². The fourth-order valence-electron chi connectivity index (χ4n) is 2.97. The molecular formula is C18H23ClN5O2+. The summed E-state index contributed by atoms with van der Waals surface area (Å²) in [5.74, 6) is 0.0308. The Morgan fingerprint density at radius 3 is 2.58 bits per heavy atom. The summed E-state index contributed by atoms with van der Waals surface area (Å²) in [6, 6.07) is 9.09. The van der Waals surface area contributed by atoms with Gasteiger partial charge in [-0.25, -0.2) is 0 Å². The largest absolute Gasteiger partial charge is 0.363 e. The van der Waals surface area contributed by atoms with Gasteiger partial charge in [0.05, 0.1) is 57.3 Å². The summed E-state index contributed by atoms with van der Waals surface area (Å²) in [5, 5.41) is 4.27. The number of halogens is 1. The average molecular weight is 377 g/mol. The number of nitrogens with zero attached hydrogens (tertiary/aromatic N) is 4. The molecule has 0 atom stereocenters. The lowest BCUT2D eigenvalue weighted by Gasteiger charge is -2.31. The third kappa shape index (κ3) is 3.89. The molecule has 0 bridgehead atoms. The molecule has 1 N–H and O–H groups in total. The minimum absolute atomic E-state index is 0.0308. The predicted molar refractivity (Wildman–Crippen MR) is 101 cm³/mol. The first-order valence-electron chi connectivity index (χ1n) is 8.61. The van der Waals surface area contributed by atoms with Crippen molar-refractivity contribution in [1.82, 2.24) is 14.7 Å². The van der Waals surface area contributed by atoms with Crippen molar-refractivity contribution in [2.24, 2.45) is 0 Å². The van der Waals surface area contributed by atoms with E-state index in [1.807, 2.05) is 23.1 Å². The zero-order valence-electron chi connectivity index (χ0n) is 15.0. The third-order valence-corrected chi connectivity index (χ3v) is 5.01. The minimum Gasteiger partial charge on any atom is -0.363 e. The zero-order chi connectivity index (χ0) is 18.7. The molecule has 7 nitrogen and oxygen atoms in total. The maximum absolute atomic E-state index is 12.6. The van der Waals surface area contributed by atoms with Gasteiger partial charge in [-0.3, -0.25) is 9.59 Å². The molecule has 1 aromatic heterocycles. The summed E-state index contributed by atoms with van der Waals surface area (Å²) in [4.78, 5) is 30.0. The van der Waals surface area contributed by atoms with Gasteiger partial charge in [-0.1, -0.05) is 29.8 Å². The number of piperazine rings is 1. The van der Waals surface area contributed by atoms with Crippen LogP contribution in [0, 0.1) is 0 Å². The van der Waals surface area contributed by atoms with E-state index in [2.05, 4.69) is 12.1 Å².